The van der Waals surface area contributed by atoms with Crippen molar-refractivity contribution in [1.82, 2.24) is 15.3 Å². The lowest BCUT2D eigenvalue weighted by atomic mass is 10.0. The minimum Gasteiger partial charge on any atom is -0.477 e. The zero-order chi connectivity index (χ0) is 12.1. The topological polar surface area (TPSA) is 67.0 Å². The van der Waals surface area contributed by atoms with Gasteiger partial charge in [0.25, 0.3) is 5.56 Å². The highest BCUT2D eigenvalue weighted by Gasteiger charge is 2.13. The number of aromatic nitrogens is 2. The molecule has 1 aliphatic heterocycles. The SMILES string of the molecule is O=c1[nH]cnc(OCCC2CCCCN2)c1Br. The fourth-order valence-electron chi connectivity index (χ4n) is 1.94. The van der Waals surface area contributed by atoms with Crippen molar-refractivity contribution in [3.05, 3.63) is 21.2 Å². The van der Waals surface area contributed by atoms with E-state index in [0.29, 0.717) is 23.0 Å². The van der Waals surface area contributed by atoms with E-state index in [0.717, 1.165) is 13.0 Å². The van der Waals surface area contributed by atoms with Crippen LogP contribution in [0.15, 0.2) is 15.6 Å². The smallest absolute Gasteiger partial charge is 0.268 e. The second kappa shape index (κ2) is 6.16. The van der Waals surface area contributed by atoms with Gasteiger partial charge < -0.3 is 15.0 Å². The Morgan fingerprint density at radius 2 is 2.41 bits per heavy atom. The van der Waals surface area contributed by atoms with Gasteiger partial charge in [0, 0.05) is 6.04 Å². The molecule has 2 heterocycles. The van der Waals surface area contributed by atoms with Gasteiger partial charge in [-0.05, 0) is 41.7 Å². The molecule has 1 saturated heterocycles. The van der Waals surface area contributed by atoms with Crippen LogP contribution in [-0.2, 0) is 0 Å². The molecule has 0 spiro atoms. The molecule has 2 rings (SSSR count). The molecule has 94 valence electrons. The van der Waals surface area contributed by atoms with E-state index in [1.807, 2.05) is 0 Å². The van der Waals surface area contributed by atoms with Gasteiger partial charge in [-0.25, -0.2) is 4.98 Å². The Hall–Kier alpha value is -0.880. The number of hydrogen-bond donors (Lipinski definition) is 2. The van der Waals surface area contributed by atoms with Crippen LogP contribution in [0.4, 0.5) is 0 Å². The molecule has 2 N–H and O–H groups in total. The molecular formula is C11H16BrN3O2. The maximum atomic E-state index is 11.3. The predicted molar refractivity (Wildman–Crippen MR) is 68.3 cm³/mol. The summed E-state index contributed by atoms with van der Waals surface area (Å²) in [5.74, 6) is 0.365. The number of ether oxygens (including phenoxy) is 1. The number of aromatic amines is 1. The molecule has 1 aromatic rings. The van der Waals surface area contributed by atoms with Crippen molar-refractivity contribution in [2.24, 2.45) is 0 Å². The zero-order valence-corrected chi connectivity index (χ0v) is 11.1. The summed E-state index contributed by atoms with van der Waals surface area (Å²) in [5.41, 5.74) is -0.217. The van der Waals surface area contributed by atoms with Crippen LogP contribution >= 0.6 is 15.9 Å². The fourth-order valence-corrected chi connectivity index (χ4v) is 2.27. The first-order valence-electron chi connectivity index (χ1n) is 5.87. The lowest BCUT2D eigenvalue weighted by molar-refractivity contribution is 0.258. The van der Waals surface area contributed by atoms with Gasteiger partial charge in [0.1, 0.15) is 4.47 Å². The van der Waals surface area contributed by atoms with E-state index < -0.39 is 0 Å². The molecule has 0 amide bonds. The Bertz CT molecular complexity index is 415. The number of rotatable bonds is 4. The molecule has 1 aromatic heterocycles. The Kier molecular flexibility index (Phi) is 4.56. The van der Waals surface area contributed by atoms with E-state index in [9.17, 15) is 4.79 Å². The summed E-state index contributed by atoms with van der Waals surface area (Å²) in [6, 6.07) is 0.532. The molecule has 1 fully saturated rings. The molecule has 0 radical (unpaired) electrons. The quantitative estimate of drug-likeness (QED) is 0.883. The van der Waals surface area contributed by atoms with Gasteiger partial charge in [-0.2, -0.15) is 0 Å². The van der Waals surface area contributed by atoms with E-state index in [1.54, 1.807) is 0 Å². The fraction of sp³-hybridized carbons (Fsp3) is 0.636. The normalized spacial score (nSPS) is 20.2. The van der Waals surface area contributed by atoms with Crippen molar-refractivity contribution < 1.29 is 4.74 Å². The number of H-pyrrole nitrogens is 1. The summed E-state index contributed by atoms with van der Waals surface area (Å²) in [6.45, 7) is 1.67. The summed E-state index contributed by atoms with van der Waals surface area (Å²) >= 11 is 3.16. The van der Waals surface area contributed by atoms with Gasteiger partial charge in [0.05, 0.1) is 12.9 Å². The number of hydrogen-bond acceptors (Lipinski definition) is 4. The third-order valence-electron chi connectivity index (χ3n) is 2.88. The van der Waals surface area contributed by atoms with Crippen molar-refractivity contribution >= 4 is 15.9 Å². The molecule has 1 unspecified atom stereocenters. The van der Waals surface area contributed by atoms with E-state index in [4.69, 9.17) is 4.74 Å². The van der Waals surface area contributed by atoms with Crippen LogP contribution in [0.2, 0.25) is 0 Å². The van der Waals surface area contributed by atoms with E-state index >= 15 is 0 Å². The minimum absolute atomic E-state index is 0.217. The Labute approximate surface area is 108 Å². The highest BCUT2D eigenvalue weighted by molar-refractivity contribution is 9.10. The molecule has 0 bridgehead atoms. The molecule has 17 heavy (non-hydrogen) atoms. The molecule has 5 nitrogen and oxygen atoms in total. The average molecular weight is 302 g/mol. The summed E-state index contributed by atoms with van der Waals surface area (Å²) in [6.07, 6.45) is 6.04. The third kappa shape index (κ3) is 3.54. The van der Waals surface area contributed by atoms with Crippen LogP contribution in [0.5, 0.6) is 5.88 Å². The van der Waals surface area contributed by atoms with Gasteiger partial charge in [-0.1, -0.05) is 6.42 Å². The molecule has 1 aliphatic rings. The monoisotopic (exact) mass is 301 g/mol. The largest absolute Gasteiger partial charge is 0.477 e. The van der Waals surface area contributed by atoms with Crippen LogP contribution in [0.25, 0.3) is 0 Å². The van der Waals surface area contributed by atoms with Crippen LogP contribution in [0, 0.1) is 0 Å². The molecule has 0 aromatic carbocycles. The van der Waals surface area contributed by atoms with Crippen molar-refractivity contribution in [2.75, 3.05) is 13.2 Å². The molecule has 0 saturated carbocycles. The third-order valence-corrected chi connectivity index (χ3v) is 3.58. The Balaban J connectivity index is 1.81. The molecule has 6 heteroatoms. The van der Waals surface area contributed by atoms with Crippen LogP contribution in [0.1, 0.15) is 25.7 Å². The van der Waals surface area contributed by atoms with Crippen molar-refractivity contribution in [1.29, 1.82) is 0 Å². The lowest BCUT2D eigenvalue weighted by Crippen LogP contribution is -2.35. The van der Waals surface area contributed by atoms with E-state index in [-0.39, 0.29) is 5.56 Å². The predicted octanol–water partition coefficient (Wildman–Crippen LogP) is 1.44. The molecule has 1 atom stereocenters. The Morgan fingerprint density at radius 1 is 1.53 bits per heavy atom. The first-order valence-corrected chi connectivity index (χ1v) is 6.66. The van der Waals surface area contributed by atoms with Crippen molar-refractivity contribution in [2.45, 2.75) is 31.7 Å². The standard InChI is InChI=1S/C11H16BrN3O2/c12-9-10(16)14-7-15-11(9)17-6-4-8-3-1-2-5-13-8/h7-8,13H,1-6H2,(H,14,15,16). The number of nitrogens with zero attached hydrogens (tertiary/aromatic N) is 1. The van der Waals surface area contributed by atoms with Gasteiger partial charge >= 0.3 is 0 Å². The maximum Gasteiger partial charge on any atom is 0.268 e. The first-order chi connectivity index (χ1) is 8.27. The van der Waals surface area contributed by atoms with Crippen LogP contribution in [0.3, 0.4) is 0 Å². The number of nitrogens with one attached hydrogen (secondary N) is 2. The lowest BCUT2D eigenvalue weighted by Gasteiger charge is -2.23. The second-order valence-electron chi connectivity index (χ2n) is 4.13. The van der Waals surface area contributed by atoms with Gasteiger partial charge in [-0.15, -0.1) is 0 Å². The highest BCUT2D eigenvalue weighted by atomic mass is 79.9. The minimum atomic E-state index is -0.217. The zero-order valence-electron chi connectivity index (χ0n) is 9.54. The van der Waals surface area contributed by atoms with Gasteiger partial charge in [0.2, 0.25) is 5.88 Å². The molecular weight excluding hydrogens is 286 g/mol. The van der Waals surface area contributed by atoms with E-state index in [2.05, 4.69) is 31.2 Å². The summed E-state index contributed by atoms with van der Waals surface area (Å²) in [5, 5.41) is 3.45. The Morgan fingerprint density at radius 3 is 3.18 bits per heavy atom. The summed E-state index contributed by atoms with van der Waals surface area (Å²) in [7, 11) is 0. The van der Waals surface area contributed by atoms with Crippen LogP contribution < -0.4 is 15.6 Å². The highest BCUT2D eigenvalue weighted by Crippen LogP contribution is 2.17. The van der Waals surface area contributed by atoms with Gasteiger partial charge in [0.15, 0.2) is 0 Å². The van der Waals surface area contributed by atoms with Crippen molar-refractivity contribution in [3.63, 3.8) is 0 Å². The maximum absolute atomic E-state index is 11.3. The summed E-state index contributed by atoms with van der Waals surface area (Å²) in [4.78, 5) is 17.7. The van der Waals surface area contributed by atoms with Gasteiger partial charge in [-0.3, -0.25) is 4.79 Å². The molecule has 0 aliphatic carbocycles. The first kappa shape index (κ1) is 12.6. The number of piperidine rings is 1. The average Bonchev–Trinajstić information content (AvgIpc) is 2.36. The van der Waals surface area contributed by atoms with E-state index in [1.165, 1.54) is 25.6 Å². The van der Waals surface area contributed by atoms with Crippen LogP contribution in [-0.4, -0.2) is 29.2 Å². The number of halogens is 1. The summed E-state index contributed by atoms with van der Waals surface area (Å²) < 4.78 is 5.86. The van der Waals surface area contributed by atoms with Crippen molar-refractivity contribution in [3.8, 4) is 5.88 Å². The second-order valence-corrected chi connectivity index (χ2v) is 4.93.